The lowest BCUT2D eigenvalue weighted by Gasteiger charge is -2.36. The fourth-order valence-corrected chi connectivity index (χ4v) is 3.40. The predicted molar refractivity (Wildman–Crippen MR) is 80.8 cm³/mol. The van der Waals surface area contributed by atoms with E-state index in [-0.39, 0.29) is 0 Å². The standard InChI is InChI=1S/C16H27N3O2/c1-12(2)9-17-10-13-8-14(21-18-13)11-19-6-7-20-16-5-3-4-15(16)19/h8,12,15-17H,3-7,9-11H2,1-2H3. The van der Waals surface area contributed by atoms with E-state index in [9.17, 15) is 0 Å². The molecule has 0 bridgehead atoms. The number of fused-ring (bicyclic) bond motifs is 1. The molecule has 1 aliphatic carbocycles. The Morgan fingerprint density at radius 1 is 1.43 bits per heavy atom. The minimum atomic E-state index is 0.439. The Morgan fingerprint density at radius 2 is 2.33 bits per heavy atom. The monoisotopic (exact) mass is 293 g/mol. The van der Waals surface area contributed by atoms with Crippen molar-refractivity contribution in [3.8, 4) is 0 Å². The van der Waals surface area contributed by atoms with Crippen molar-refractivity contribution in [1.29, 1.82) is 0 Å². The van der Waals surface area contributed by atoms with E-state index in [1.807, 2.05) is 0 Å². The molecule has 0 radical (unpaired) electrons. The van der Waals surface area contributed by atoms with Gasteiger partial charge in [0.1, 0.15) is 0 Å². The van der Waals surface area contributed by atoms with Crippen LogP contribution in [0, 0.1) is 5.92 Å². The smallest absolute Gasteiger partial charge is 0.151 e. The summed E-state index contributed by atoms with van der Waals surface area (Å²) >= 11 is 0. The third-order valence-electron chi connectivity index (χ3n) is 4.42. The van der Waals surface area contributed by atoms with Gasteiger partial charge in [-0.3, -0.25) is 4.90 Å². The molecule has 2 atom stereocenters. The average molecular weight is 293 g/mol. The van der Waals surface area contributed by atoms with Gasteiger partial charge in [-0.25, -0.2) is 0 Å². The number of morpholine rings is 1. The molecule has 5 heteroatoms. The van der Waals surface area contributed by atoms with E-state index in [1.165, 1.54) is 19.3 Å². The van der Waals surface area contributed by atoms with Gasteiger partial charge in [0, 0.05) is 25.2 Å². The lowest BCUT2D eigenvalue weighted by atomic mass is 10.1. The maximum absolute atomic E-state index is 5.85. The normalized spacial score (nSPS) is 26.4. The highest BCUT2D eigenvalue weighted by atomic mass is 16.5. The Hall–Kier alpha value is -0.910. The Labute approximate surface area is 127 Å². The molecule has 21 heavy (non-hydrogen) atoms. The van der Waals surface area contributed by atoms with Crippen LogP contribution >= 0.6 is 0 Å². The molecular formula is C16H27N3O2. The van der Waals surface area contributed by atoms with Gasteiger partial charge in [0.2, 0.25) is 0 Å². The zero-order valence-electron chi connectivity index (χ0n) is 13.2. The summed E-state index contributed by atoms with van der Waals surface area (Å²) in [5.41, 5.74) is 1.00. The van der Waals surface area contributed by atoms with Crippen molar-refractivity contribution in [1.82, 2.24) is 15.4 Å². The molecule has 5 nitrogen and oxygen atoms in total. The third kappa shape index (κ3) is 3.84. The van der Waals surface area contributed by atoms with E-state index >= 15 is 0 Å². The van der Waals surface area contributed by atoms with Crippen molar-refractivity contribution in [2.75, 3.05) is 19.7 Å². The summed E-state index contributed by atoms with van der Waals surface area (Å²) in [6, 6.07) is 2.67. The van der Waals surface area contributed by atoms with Crippen molar-refractivity contribution in [3.63, 3.8) is 0 Å². The van der Waals surface area contributed by atoms with Gasteiger partial charge in [0.15, 0.2) is 5.76 Å². The lowest BCUT2D eigenvalue weighted by molar-refractivity contribution is -0.0610. The van der Waals surface area contributed by atoms with Gasteiger partial charge in [-0.15, -0.1) is 0 Å². The molecule has 1 aromatic rings. The van der Waals surface area contributed by atoms with Gasteiger partial charge >= 0.3 is 0 Å². The van der Waals surface area contributed by atoms with E-state index in [0.717, 1.165) is 44.2 Å². The quantitative estimate of drug-likeness (QED) is 0.871. The third-order valence-corrected chi connectivity index (χ3v) is 4.42. The molecule has 1 N–H and O–H groups in total. The van der Waals surface area contributed by atoms with E-state index in [1.54, 1.807) is 0 Å². The summed E-state index contributed by atoms with van der Waals surface area (Å²) < 4.78 is 11.4. The number of hydrogen-bond donors (Lipinski definition) is 1. The fraction of sp³-hybridized carbons (Fsp3) is 0.812. The Bertz CT molecular complexity index is 446. The summed E-state index contributed by atoms with van der Waals surface area (Å²) in [6.45, 7) is 8.92. The predicted octanol–water partition coefficient (Wildman–Crippen LogP) is 2.17. The number of nitrogens with zero attached hydrogens (tertiary/aromatic N) is 2. The second-order valence-corrected chi connectivity index (χ2v) is 6.69. The van der Waals surface area contributed by atoms with Crippen molar-refractivity contribution in [2.24, 2.45) is 5.92 Å². The number of nitrogens with one attached hydrogen (secondary N) is 1. The van der Waals surface area contributed by atoms with Crippen LogP contribution in [-0.2, 0) is 17.8 Å². The summed E-state index contributed by atoms with van der Waals surface area (Å²) in [6.07, 6.45) is 4.18. The van der Waals surface area contributed by atoms with Crippen LogP contribution in [0.1, 0.15) is 44.6 Å². The molecule has 3 rings (SSSR count). The first kappa shape index (κ1) is 15.0. The van der Waals surface area contributed by atoms with Gasteiger partial charge in [0.05, 0.1) is 24.9 Å². The first-order valence-corrected chi connectivity index (χ1v) is 8.23. The Balaban J connectivity index is 1.52. The van der Waals surface area contributed by atoms with Gasteiger partial charge in [-0.1, -0.05) is 19.0 Å². The van der Waals surface area contributed by atoms with Crippen molar-refractivity contribution in [2.45, 2.75) is 58.3 Å². The van der Waals surface area contributed by atoms with Crippen LogP contribution in [0.4, 0.5) is 0 Å². The number of hydrogen-bond acceptors (Lipinski definition) is 5. The largest absolute Gasteiger partial charge is 0.375 e. The van der Waals surface area contributed by atoms with Crippen LogP contribution in [0.25, 0.3) is 0 Å². The van der Waals surface area contributed by atoms with E-state index in [2.05, 4.69) is 35.3 Å². The molecule has 2 aliphatic rings. The topological polar surface area (TPSA) is 50.5 Å². The van der Waals surface area contributed by atoms with E-state index < -0.39 is 0 Å². The molecule has 0 amide bonds. The average Bonchev–Trinajstić information content (AvgIpc) is 3.08. The van der Waals surface area contributed by atoms with Crippen LogP contribution < -0.4 is 5.32 Å². The summed E-state index contributed by atoms with van der Waals surface area (Å²) in [7, 11) is 0. The molecule has 0 aromatic carbocycles. The molecular weight excluding hydrogens is 266 g/mol. The SMILES string of the molecule is CC(C)CNCc1cc(CN2CCOC3CCCC32)on1. The molecule has 1 aromatic heterocycles. The van der Waals surface area contributed by atoms with Crippen LogP contribution in [0.2, 0.25) is 0 Å². The second kappa shape index (κ2) is 6.90. The van der Waals surface area contributed by atoms with Crippen LogP contribution in [0.15, 0.2) is 10.6 Å². The minimum absolute atomic E-state index is 0.439. The second-order valence-electron chi connectivity index (χ2n) is 6.69. The summed E-state index contributed by atoms with van der Waals surface area (Å²) in [5, 5.41) is 7.57. The zero-order valence-corrected chi connectivity index (χ0v) is 13.2. The van der Waals surface area contributed by atoms with Gasteiger partial charge < -0.3 is 14.6 Å². The Morgan fingerprint density at radius 3 is 3.19 bits per heavy atom. The van der Waals surface area contributed by atoms with Crippen LogP contribution in [0.5, 0.6) is 0 Å². The molecule has 2 fully saturated rings. The highest BCUT2D eigenvalue weighted by Gasteiger charge is 2.36. The van der Waals surface area contributed by atoms with Crippen LogP contribution in [-0.4, -0.2) is 41.9 Å². The minimum Gasteiger partial charge on any atom is -0.375 e. The first-order chi connectivity index (χ1) is 10.2. The van der Waals surface area contributed by atoms with Crippen molar-refractivity contribution < 1.29 is 9.26 Å². The molecule has 1 saturated heterocycles. The van der Waals surface area contributed by atoms with Crippen LogP contribution in [0.3, 0.4) is 0 Å². The maximum Gasteiger partial charge on any atom is 0.151 e. The molecule has 1 saturated carbocycles. The molecule has 1 aliphatic heterocycles. The lowest BCUT2D eigenvalue weighted by Crippen LogP contribution is -2.47. The number of ether oxygens (including phenoxy) is 1. The highest BCUT2D eigenvalue weighted by molar-refractivity contribution is 5.06. The van der Waals surface area contributed by atoms with Gasteiger partial charge in [-0.2, -0.15) is 0 Å². The van der Waals surface area contributed by atoms with Gasteiger partial charge in [0.25, 0.3) is 0 Å². The first-order valence-electron chi connectivity index (χ1n) is 8.23. The molecule has 0 spiro atoms. The fourth-order valence-electron chi connectivity index (χ4n) is 3.40. The number of rotatable bonds is 6. The molecule has 2 unspecified atom stereocenters. The Kier molecular flexibility index (Phi) is 4.93. The number of aromatic nitrogens is 1. The van der Waals surface area contributed by atoms with Crippen molar-refractivity contribution in [3.05, 3.63) is 17.5 Å². The summed E-state index contributed by atoms with van der Waals surface area (Å²) in [5.74, 6) is 1.63. The molecule has 2 heterocycles. The highest BCUT2D eigenvalue weighted by Crippen LogP contribution is 2.30. The molecule has 118 valence electrons. The summed E-state index contributed by atoms with van der Waals surface area (Å²) in [4.78, 5) is 2.51. The maximum atomic E-state index is 5.85. The van der Waals surface area contributed by atoms with E-state index in [4.69, 9.17) is 9.26 Å². The van der Waals surface area contributed by atoms with Gasteiger partial charge in [-0.05, 0) is 31.7 Å². The zero-order chi connectivity index (χ0) is 14.7. The van der Waals surface area contributed by atoms with E-state index in [0.29, 0.717) is 18.1 Å². The van der Waals surface area contributed by atoms with Crippen molar-refractivity contribution >= 4 is 0 Å².